The maximum absolute atomic E-state index is 9.71. The van der Waals surface area contributed by atoms with Gasteiger partial charge in [0, 0.05) is 5.69 Å². The van der Waals surface area contributed by atoms with Crippen LogP contribution in [0, 0.1) is 0 Å². The third-order valence-corrected chi connectivity index (χ3v) is 3.25. The standard InChI is InChI=1S/C19H25N3O3.HI/c1-4-24-18-11-14(5-10-17(18)23)12-21-19(20)22-15-6-8-16(9-7-15)25-13(2)3;/h5-11,13,23H,4,12H2,1-3H3,(H3,20,21,22);1H. The molecule has 0 saturated carbocycles. The second kappa shape index (κ2) is 10.7. The molecule has 0 bridgehead atoms. The van der Waals surface area contributed by atoms with Crippen molar-refractivity contribution in [3.63, 3.8) is 0 Å². The van der Waals surface area contributed by atoms with E-state index in [1.165, 1.54) is 0 Å². The lowest BCUT2D eigenvalue weighted by molar-refractivity contribution is 0.242. The highest BCUT2D eigenvalue weighted by molar-refractivity contribution is 14.0. The SMILES string of the molecule is CCOc1cc(CN=C(N)Nc2ccc(OC(C)C)cc2)ccc1O.I. The van der Waals surface area contributed by atoms with E-state index in [9.17, 15) is 5.11 Å². The van der Waals surface area contributed by atoms with E-state index in [0.717, 1.165) is 17.0 Å². The number of rotatable bonds is 7. The summed E-state index contributed by atoms with van der Waals surface area (Å²) in [7, 11) is 0. The van der Waals surface area contributed by atoms with Gasteiger partial charge >= 0.3 is 0 Å². The smallest absolute Gasteiger partial charge is 0.193 e. The molecular weight excluding hydrogens is 445 g/mol. The van der Waals surface area contributed by atoms with Crippen molar-refractivity contribution in [2.45, 2.75) is 33.4 Å². The predicted octanol–water partition coefficient (Wildman–Crippen LogP) is 4.12. The molecule has 7 heteroatoms. The fraction of sp³-hybridized carbons (Fsp3) is 0.316. The molecule has 0 amide bonds. The molecule has 0 atom stereocenters. The summed E-state index contributed by atoms with van der Waals surface area (Å²) >= 11 is 0. The van der Waals surface area contributed by atoms with Gasteiger partial charge in [-0.15, -0.1) is 24.0 Å². The van der Waals surface area contributed by atoms with Crippen molar-refractivity contribution in [3.8, 4) is 17.2 Å². The van der Waals surface area contributed by atoms with Crippen LogP contribution in [0.4, 0.5) is 5.69 Å². The second-order valence-corrected chi connectivity index (χ2v) is 5.75. The topological polar surface area (TPSA) is 89.1 Å². The molecule has 2 aromatic carbocycles. The fourth-order valence-corrected chi connectivity index (χ4v) is 2.18. The van der Waals surface area contributed by atoms with E-state index in [1.807, 2.05) is 45.0 Å². The summed E-state index contributed by atoms with van der Waals surface area (Å²) in [5.41, 5.74) is 7.65. The number of nitrogens with zero attached hydrogens (tertiary/aromatic N) is 1. The maximum atomic E-state index is 9.71. The first kappa shape index (κ1) is 21.9. The quantitative estimate of drug-likeness (QED) is 0.321. The molecule has 142 valence electrons. The summed E-state index contributed by atoms with van der Waals surface area (Å²) in [6.45, 7) is 6.70. The van der Waals surface area contributed by atoms with Gasteiger partial charge in [-0.25, -0.2) is 4.99 Å². The van der Waals surface area contributed by atoms with E-state index in [2.05, 4.69) is 10.3 Å². The number of aromatic hydroxyl groups is 1. The van der Waals surface area contributed by atoms with Crippen LogP contribution >= 0.6 is 24.0 Å². The monoisotopic (exact) mass is 471 g/mol. The molecule has 6 nitrogen and oxygen atoms in total. The molecule has 0 aliphatic carbocycles. The number of ether oxygens (including phenoxy) is 2. The van der Waals surface area contributed by atoms with Crippen LogP contribution in [0.2, 0.25) is 0 Å². The molecule has 0 unspecified atom stereocenters. The molecule has 0 heterocycles. The lowest BCUT2D eigenvalue weighted by Gasteiger charge is -2.11. The van der Waals surface area contributed by atoms with Crippen LogP contribution in [-0.4, -0.2) is 23.8 Å². The van der Waals surface area contributed by atoms with Crippen LogP contribution in [0.3, 0.4) is 0 Å². The summed E-state index contributed by atoms with van der Waals surface area (Å²) in [4.78, 5) is 4.31. The van der Waals surface area contributed by atoms with Crippen molar-refractivity contribution in [1.29, 1.82) is 0 Å². The minimum Gasteiger partial charge on any atom is -0.504 e. The summed E-state index contributed by atoms with van der Waals surface area (Å²) < 4.78 is 11.0. The van der Waals surface area contributed by atoms with E-state index in [4.69, 9.17) is 15.2 Å². The number of nitrogens with one attached hydrogen (secondary N) is 1. The third-order valence-electron chi connectivity index (χ3n) is 3.25. The van der Waals surface area contributed by atoms with Gasteiger partial charge in [0.25, 0.3) is 0 Å². The van der Waals surface area contributed by atoms with Gasteiger partial charge in [0.05, 0.1) is 19.3 Å². The van der Waals surface area contributed by atoms with Gasteiger partial charge in [-0.3, -0.25) is 0 Å². The number of aliphatic imine (C=N–C) groups is 1. The second-order valence-electron chi connectivity index (χ2n) is 5.75. The Bertz CT molecular complexity index is 718. The average molecular weight is 471 g/mol. The Morgan fingerprint density at radius 3 is 2.50 bits per heavy atom. The lowest BCUT2D eigenvalue weighted by atomic mass is 10.2. The highest BCUT2D eigenvalue weighted by Crippen LogP contribution is 2.27. The molecule has 2 aromatic rings. The molecule has 0 aliphatic heterocycles. The fourth-order valence-electron chi connectivity index (χ4n) is 2.18. The number of guanidine groups is 1. The van der Waals surface area contributed by atoms with Crippen molar-refractivity contribution >= 4 is 35.6 Å². The minimum atomic E-state index is 0. The molecule has 26 heavy (non-hydrogen) atoms. The number of anilines is 1. The Morgan fingerprint density at radius 1 is 1.19 bits per heavy atom. The van der Waals surface area contributed by atoms with Gasteiger partial charge in [0.2, 0.25) is 0 Å². The Morgan fingerprint density at radius 2 is 1.88 bits per heavy atom. The third kappa shape index (κ3) is 6.99. The predicted molar refractivity (Wildman–Crippen MR) is 116 cm³/mol. The molecule has 0 saturated heterocycles. The molecular formula is C19H26IN3O3. The molecule has 4 N–H and O–H groups in total. The summed E-state index contributed by atoms with van der Waals surface area (Å²) in [6.07, 6.45) is 0.136. The Labute approximate surface area is 171 Å². The van der Waals surface area contributed by atoms with Gasteiger partial charge in [-0.05, 0) is 62.7 Å². The molecule has 0 fully saturated rings. The highest BCUT2D eigenvalue weighted by Gasteiger charge is 2.04. The van der Waals surface area contributed by atoms with Crippen LogP contribution < -0.4 is 20.5 Å². The first-order valence-electron chi connectivity index (χ1n) is 8.26. The molecule has 2 rings (SSSR count). The van der Waals surface area contributed by atoms with Crippen molar-refractivity contribution in [3.05, 3.63) is 48.0 Å². The number of phenols is 1. The Balaban J connectivity index is 0.00000338. The number of halogens is 1. The van der Waals surface area contributed by atoms with Gasteiger partial charge in [0.1, 0.15) is 5.75 Å². The molecule has 0 radical (unpaired) electrons. The highest BCUT2D eigenvalue weighted by atomic mass is 127. The maximum Gasteiger partial charge on any atom is 0.193 e. The zero-order valence-electron chi connectivity index (χ0n) is 15.2. The first-order chi connectivity index (χ1) is 12.0. The number of hydrogen-bond acceptors (Lipinski definition) is 4. The van der Waals surface area contributed by atoms with E-state index < -0.39 is 0 Å². The Hall–Kier alpha value is -2.16. The van der Waals surface area contributed by atoms with Crippen molar-refractivity contribution in [2.75, 3.05) is 11.9 Å². The normalized spacial score (nSPS) is 11.0. The van der Waals surface area contributed by atoms with Crippen LogP contribution in [-0.2, 0) is 6.54 Å². The molecule has 0 aliphatic rings. The van der Waals surface area contributed by atoms with Crippen LogP contribution in [0.1, 0.15) is 26.3 Å². The average Bonchev–Trinajstić information content (AvgIpc) is 2.57. The van der Waals surface area contributed by atoms with Crippen molar-refractivity contribution in [1.82, 2.24) is 0 Å². The zero-order valence-corrected chi connectivity index (χ0v) is 17.6. The summed E-state index contributed by atoms with van der Waals surface area (Å²) in [5, 5.41) is 12.7. The first-order valence-corrected chi connectivity index (χ1v) is 8.26. The number of phenolic OH excluding ortho intramolecular Hbond substituents is 1. The largest absolute Gasteiger partial charge is 0.504 e. The van der Waals surface area contributed by atoms with E-state index in [0.29, 0.717) is 24.9 Å². The van der Waals surface area contributed by atoms with Crippen LogP contribution in [0.15, 0.2) is 47.5 Å². The minimum absolute atomic E-state index is 0. The Kier molecular flexibility index (Phi) is 9.04. The van der Waals surface area contributed by atoms with E-state index in [-0.39, 0.29) is 35.8 Å². The van der Waals surface area contributed by atoms with Gasteiger partial charge in [0.15, 0.2) is 17.5 Å². The molecule has 0 aromatic heterocycles. The van der Waals surface area contributed by atoms with Gasteiger partial charge in [-0.2, -0.15) is 0 Å². The summed E-state index contributed by atoms with van der Waals surface area (Å²) in [6, 6.07) is 12.7. The van der Waals surface area contributed by atoms with E-state index in [1.54, 1.807) is 18.2 Å². The van der Waals surface area contributed by atoms with Crippen molar-refractivity contribution < 1.29 is 14.6 Å². The van der Waals surface area contributed by atoms with Crippen molar-refractivity contribution in [2.24, 2.45) is 10.7 Å². The number of benzene rings is 2. The van der Waals surface area contributed by atoms with E-state index >= 15 is 0 Å². The number of hydrogen-bond donors (Lipinski definition) is 3. The number of nitrogens with two attached hydrogens (primary N) is 1. The van der Waals surface area contributed by atoms with Crippen LogP contribution in [0.25, 0.3) is 0 Å². The van der Waals surface area contributed by atoms with Gasteiger partial charge < -0.3 is 25.6 Å². The lowest BCUT2D eigenvalue weighted by Crippen LogP contribution is -2.22. The van der Waals surface area contributed by atoms with Crippen LogP contribution in [0.5, 0.6) is 17.2 Å². The molecule has 0 spiro atoms. The zero-order chi connectivity index (χ0) is 18.2. The summed E-state index contributed by atoms with van der Waals surface area (Å²) in [5.74, 6) is 1.68. The van der Waals surface area contributed by atoms with Gasteiger partial charge in [-0.1, -0.05) is 6.07 Å².